The third-order valence-corrected chi connectivity index (χ3v) is 6.00. The second kappa shape index (κ2) is 9.09. The van der Waals surface area contributed by atoms with Gasteiger partial charge in [-0.1, -0.05) is 0 Å². The smallest absolute Gasteiger partial charge is 0.410 e. The highest BCUT2D eigenvalue weighted by atomic mass is 79.9. The molecular formula is C22H28BrN5O4. The predicted octanol–water partition coefficient (Wildman–Crippen LogP) is 3.47. The van der Waals surface area contributed by atoms with Crippen molar-refractivity contribution in [2.45, 2.75) is 57.7 Å². The molecule has 2 amide bonds. The Labute approximate surface area is 195 Å². The van der Waals surface area contributed by atoms with E-state index in [9.17, 15) is 9.59 Å². The Kier molecular flexibility index (Phi) is 6.41. The number of carbonyl (C=O) groups is 2. The quantitative estimate of drug-likeness (QED) is 0.564. The molecule has 9 nitrogen and oxygen atoms in total. The lowest BCUT2D eigenvalue weighted by Gasteiger charge is -2.39. The zero-order chi connectivity index (χ0) is 22.9. The van der Waals surface area contributed by atoms with Crippen molar-refractivity contribution in [3.8, 4) is 5.75 Å². The molecule has 10 heteroatoms. The number of hydrogen-bond donors (Lipinski definition) is 2. The van der Waals surface area contributed by atoms with Gasteiger partial charge in [0.2, 0.25) is 5.91 Å². The van der Waals surface area contributed by atoms with Crippen LogP contribution in [0.1, 0.15) is 40.0 Å². The van der Waals surface area contributed by atoms with Gasteiger partial charge in [0, 0.05) is 19.1 Å². The second-order valence-corrected chi connectivity index (χ2v) is 9.90. The van der Waals surface area contributed by atoms with Gasteiger partial charge in [0.1, 0.15) is 23.0 Å². The van der Waals surface area contributed by atoms with Crippen LogP contribution in [-0.4, -0.2) is 64.2 Å². The summed E-state index contributed by atoms with van der Waals surface area (Å²) in [6, 6.07) is 3.11. The van der Waals surface area contributed by atoms with Crippen LogP contribution in [0, 0.1) is 0 Å². The first kappa shape index (κ1) is 22.6. The maximum absolute atomic E-state index is 13.0. The van der Waals surface area contributed by atoms with Crippen molar-refractivity contribution in [1.82, 2.24) is 20.2 Å². The number of aromatic nitrogens is 2. The Hall–Kier alpha value is -2.62. The molecule has 0 aliphatic carbocycles. The van der Waals surface area contributed by atoms with Gasteiger partial charge in [-0.25, -0.2) is 9.78 Å². The number of fused-ring (bicyclic) bond motifs is 3. The molecule has 2 aliphatic rings. The summed E-state index contributed by atoms with van der Waals surface area (Å²) < 4.78 is 12.3. The molecule has 4 bridgehead atoms. The number of carbonyl (C=O) groups excluding carboxylic acids is 2. The van der Waals surface area contributed by atoms with E-state index in [1.54, 1.807) is 6.20 Å². The SMILES string of the molecule is CC(C)(C)OC(=O)N1CC[C@H]2C[C@H]1C(=O)NCCCOc1c(Br)ccc3ncc(nc13)N2. The van der Waals surface area contributed by atoms with Gasteiger partial charge >= 0.3 is 6.09 Å². The van der Waals surface area contributed by atoms with Crippen LogP contribution in [0.5, 0.6) is 5.75 Å². The summed E-state index contributed by atoms with van der Waals surface area (Å²) in [7, 11) is 0. The van der Waals surface area contributed by atoms with E-state index in [0.29, 0.717) is 56.0 Å². The number of hydrogen-bond acceptors (Lipinski definition) is 7. The molecule has 1 aromatic carbocycles. The molecule has 1 saturated heterocycles. The third kappa shape index (κ3) is 5.06. The Morgan fingerprint density at radius 1 is 1.34 bits per heavy atom. The number of amides is 2. The van der Waals surface area contributed by atoms with E-state index in [-0.39, 0.29) is 11.9 Å². The van der Waals surface area contributed by atoms with Gasteiger partial charge in [0.05, 0.1) is 22.8 Å². The van der Waals surface area contributed by atoms with E-state index in [1.165, 1.54) is 4.90 Å². The van der Waals surface area contributed by atoms with E-state index in [4.69, 9.17) is 14.5 Å². The van der Waals surface area contributed by atoms with E-state index in [2.05, 4.69) is 31.5 Å². The normalized spacial score (nSPS) is 21.9. The fourth-order valence-corrected chi connectivity index (χ4v) is 4.34. The molecular weight excluding hydrogens is 478 g/mol. The number of nitrogens with zero attached hydrogens (tertiary/aromatic N) is 3. The monoisotopic (exact) mass is 505 g/mol. The van der Waals surface area contributed by atoms with Crippen molar-refractivity contribution in [2.75, 3.05) is 25.0 Å². The number of anilines is 1. The van der Waals surface area contributed by atoms with E-state index < -0.39 is 17.7 Å². The van der Waals surface area contributed by atoms with Crippen LogP contribution in [-0.2, 0) is 9.53 Å². The minimum Gasteiger partial charge on any atom is -0.490 e. The van der Waals surface area contributed by atoms with E-state index in [0.717, 1.165) is 9.99 Å². The van der Waals surface area contributed by atoms with Crippen molar-refractivity contribution >= 4 is 44.8 Å². The van der Waals surface area contributed by atoms with Crippen LogP contribution in [0.3, 0.4) is 0 Å². The Morgan fingerprint density at radius 2 is 2.16 bits per heavy atom. The fourth-order valence-electron chi connectivity index (χ4n) is 3.90. The Bertz CT molecular complexity index is 1030. The standard InChI is InChI=1S/C22H28BrN5O4/c1-22(2,3)32-21(30)28-9-7-13-11-16(28)20(29)24-8-4-10-31-19-14(23)5-6-15-18(19)27-17(26-13)12-25-15/h5-6,12-13,16H,4,7-11H2,1-3H3,(H,24,29)(H,26,27)/t13-,16-/m0/s1. The summed E-state index contributed by atoms with van der Waals surface area (Å²) in [5, 5.41) is 6.34. The number of ether oxygens (including phenoxy) is 2. The van der Waals surface area contributed by atoms with Crippen molar-refractivity contribution in [3.63, 3.8) is 0 Å². The van der Waals surface area contributed by atoms with Gasteiger partial charge in [-0.15, -0.1) is 0 Å². The van der Waals surface area contributed by atoms with Crippen molar-refractivity contribution < 1.29 is 19.1 Å². The van der Waals surface area contributed by atoms with Crippen LogP contribution in [0.15, 0.2) is 22.8 Å². The first-order valence-corrected chi connectivity index (χ1v) is 11.6. The molecule has 0 saturated carbocycles. The van der Waals surface area contributed by atoms with E-state index in [1.807, 2.05) is 32.9 Å². The van der Waals surface area contributed by atoms with Crippen molar-refractivity contribution in [2.24, 2.45) is 0 Å². The maximum atomic E-state index is 13.0. The number of nitrogens with one attached hydrogen (secondary N) is 2. The topological polar surface area (TPSA) is 106 Å². The molecule has 0 radical (unpaired) electrons. The highest BCUT2D eigenvalue weighted by Gasteiger charge is 2.38. The van der Waals surface area contributed by atoms with Crippen molar-refractivity contribution in [3.05, 3.63) is 22.8 Å². The molecule has 4 rings (SSSR count). The molecule has 2 atom stereocenters. The highest BCUT2D eigenvalue weighted by molar-refractivity contribution is 9.10. The van der Waals surface area contributed by atoms with Crippen LogP contribution in [0.2, 0.25) is 0 Å². The zero-order valence-electron chi connectivity index (χ0n) is 18.5. The second-order valence-electron chi connectivity index (χ2n) is 9.05. The largest absolute Gasteiger partial charge is 0.490 e. The molecule has 0 unspecified atom stereocenters. The minimum atomic E-state index is -0.631. The highest BCUT2D eigenvalue weighted by Crippen LogP contribution is 2.33. The third-order valence-electron chi connectivity index (χ3n) is 5.37. The average molecular weight is 506 g/mol. The molecule has 0 spiro atoms. The summed E-state index contributed by atoms with van der Waals surface area (Å²) in [6.07, 6.45) is 2.93. The van der Waals surface area contributed by atoms with Gasteiger partial charge in [-0.3, -0.25) is 14.7 Å². The summed E-state index contributed by atoms with van der Waals surface area (Å²) >= 11 is 3.54. The molecule has 2 aliphatic heterocycles. The lowest BCUT2D eigenvalue weighted by molar-refractivity contribution is -0.127. The zero-order valence-corrected chi connectivity index (χ0v) is 20.1. The first-order chi connectivity index (χ1) is 15.2. The van der Waals surface area contributed by atoms with E-state index >= 15 is 0 Å². The summed E-state index contributed by atoms with van der Waals surface area (Å²) in [5.41, 5.74) is 0.786. The molecule has 3 heterocycles. The van der Waals surface area contributed by atoms with Gasteiger partial charge in [-0.2, -0.15) is 0 Å². The van der Waals surface area contributed by atoms with Crippen LogP contribution in [0.4, 0.5) is 10.6 Å². The predicted molar refractivity (Wildman–Crippen MR) is 124 cm³/mol. The molecule has 172 valence electrons. The molecule has 2 N–H and O–H groups in total. The number of likely N-dealkylation sites (tertiary alicyclic amines) is 1. The van der Waals surface area contributed by atoms with Gasteiger partial charge < -0.3 is 20.1 Å². The molecule has 32 heavy (non-hydrogen) atoms. The number of halogens is 1. The maximum Gasteiger partial charge on any atom is 0.410 e. The van der Waals surface area contributed by atoms with Crippen molar-refractivity contribution in [1.29, 1.82) is 0 Å². The summed E-state index contributed by atoms with van der Waals surface area (Å²) in [6.45, 7) is 6.70. The summed E-state index contributed by atoms with van der Waals surface area (Å²) in [5.74, 6) is 1.05. The number of piperidine rings is 1. The minimum absolute atomic E-state index is 0.0457. The lowest BCUT2D eigenvalue weighted by Crippen LogP contribution is -2.56. The van der Waals surface area contributed by atoms with Gasteiger partial charge in [-0.05, 0) is 68.1 Å². The van der Waals surface area contributed by atoms with Crippen LogP contribution < -0.4 is 15.4 Å². The first-order valence-electron chi connectivity index (χ1n) is 10.8. The number of rotatable bonds is 0. The average Bonchev–Trinajstić information content (AvgIpc) is 2.73. The Balaban J connectivity index is 1.62. The summed E-state index contributed by atoms with van der Waals surface area (Å²) in [4.78, 5) is 36.5. The lowest BCUT2D eigenvalue weighted by atomic mass is 9.96. The fraction of sp³-hybridized carbons (Fsp3) is 0.545. The van der Waals surface area contributed by atoms with Crippen LogP contribution in [0.25, 0.3) is 11.0 Å². The van der Waals surface area contributed by atoms with Gasteiger partial charge in [0.15, 0.2) is 5.75 Å². The molecule has 1 fully saturated rings. The molecule has 2 aromatic rings. The van der Waals surface area contributed by atoms with Gasteiger partial charge in [0.25, 0.3) is 0 Å². The Morgan fingerprint density at radius 3 is 2.94 bits per heavy atom. The van der Waals surface area contributed by atoms with Crippen LogP contribution >= 0.6 is 15.9 Å². The molecule has 1 aromatic heterocycles. The number of benzene rings is 1.